The number of ether oxygens (including phenoxy) is 2. The first-order chi connectivity index (χ1) is 12.8. The van der Waals surface area contributed by atoms with Crippen LogP contribution < -0.4 is 14.8 Å². The minimum atomic E-state index is -0.239. The molecule has 0 aromatic heterocycles. The number of halogens is 1. The SMILES string of the molecule is COc1cc(Cl)c(CNC(=O)C(C)c2ccc(CC(C)C)cc2)cc1OC. The third-order valence-electron chi connectivity index (χ3n) is 4.52. The van der Waals surface area contributed by atoms with Gasteiger partial charge in [0.15, 0.2) is 11.5 Å². The second kappa shape index (κ2) is 9.65. The normalized spacial score (nSPS) is 12.0. The van der Waals surface area contributed by atoms with Crippen molar-refractivity contribution in [3.05, 3.63) is 58.1 Å². The Kier molecular flexibility index (Phi) is 7.55. The number of benzene rings is 2. The van der Waals surface area contributed by atoms with E-state index in [0.717, 1.165) is 17.5 Å². The lowest BCUT2D eigenvalue weighted by Crippen LogP contribution is -2.27. The van der Waals surface area contributed by atoms with Crippen molar-refractivity contribution in [1.29, 1.82) is 0 Å². The molecule has 1 amide bonds. The standard InChI is InChI=1S/C22H28ClNO3/c1-14(2)10-16-6-8-17(9-7-16)15(3)22(25)24-13-18-11-20(26-4)21(27-5)12-19(18)23/h6-9,11-12,14-15H,10,13H2,1-5H3,(H,24,25). The molecule has 2 aromatic carbocycles. The monoisotopic (exact) mass is 389 g/mol. The van der Waals surface area contributed by atoms with Crippen LogP contribution in [0.25, 0.3) is 0 Å². The van der Waals surface area contributed by atoms with Crippen molar-refractivity contribution in [3.8, 4) is 11.5 Å². The van der Waals surface area contributed by atoms with Gasteiger partial charge in [0, 0.05) is 17.6 Å². The summed E-state index contributed by atoms with van der Waals surface area (Å²) in [6.45, 7) is 6.63. The molecular formula is C22H28ClNO3. The number of amides is 1. The molecule has 0 heterocycles. The van der Waals surface area contributed by atoms with Gasteiger partial charge in [0.1, 0.15) is 0 Å². The van der Waals surface area contributed by atoms with Crippen molar-refractivity contribution < 1.29 is 14.3 Å². The molecule has 27 heavy (non-hydrogen) atoms. The average molecular weight is 390 g/mol. The van der Waals surface area contributed by atoms with Crippen molar-refractivity contribution >= 4 is 17.5 Å². The highest BCUT2D eigenvalue weighted by Crippen LogP contribution is 2.33. The predicted octanol–water partition coefficient (Wildman–Crippen LogP) is 4.98. The van der Waals surface area contributed by atoms with E-state index in [0.29, 0.717) is 29.0 Å². The van der Waals surface area contributed by atoms with Gasteiger partial charge in [-0.1, -0.05) is 49.7 Å². The third kappa shape index (κ3) is 5.64. The van der Waals surface area contributed by atoms with E-state index in [4.69, 9.17) is 21.1 Å². The zero-order valence-electron chi connectivity index (χ0n) is 16.6. The van der Waals surface area contributed by atoms with Crippen molar-refractivity contribution in [3.63, 3.8) is 0 Å². The minimum Gasteiger partial charge on any atom is -0.493 e. The molecule has 0 bridgehead atoms. The van der Waals surface area contributed by atoms with Crippen LogP contribution in [0.4, 0.5) is 0 Å². The van der Waals surface area contributed by atoms with Gasteiger partial charge >= 0.3 is 0 Å². The van der Waals surface area contributed by atoms with Crippen LogP contribution in [0.5, 0.6) is 11.5 Å². The first-order valence-electron chi connectivity index (χ1n) is 9.12. The van der Waals surface area contributed by atoms with Crippen LogP contribution >= 0.6 is 11.6 Å². The Morgan fingerprint density at radius 1 is 1.04 bits per heavy atom. The molecule has 1 unspecified atom stereocenters. The summed E-state index contributed by atoms with van der Waals surface area (Å²) in [5.41, 5.74) is 3.07. The number of carbonyl (C=O) groups is 1. The lowest BCUT2D eigenvalue weighted by Gasteiger charge is -2.15. The highest BCUT2D eigenvalue weighted by Gasteiger charge is 2.16. The quantitative estimate of drug-likeness (QED) is 0.692. The number of carbonyl (C=O) groups excluding carboxylic acids is 1. The number of hydrogen-bond acceptors (Lipinski definition) is 3. The fraction of sp³-hybridized carbons (Fsp3) is 0.409. The lowest BCUT2D eigenvalue weighted by atomic mass is 9.96. The van der Waals surface area contributed by atoms with Gasteiger partial charge in [0.2, 0.25) is 5.91 Å². The molecule has 0 saturated carbocycles. The molecule has 0 fully saturated rings. The average Bonchev–Trinajstić information content (AvgIpc) is 2.66. The largest absolute Gasteiger partial charge is 0.493 e. The summed E-state index contributed by atoms with van der Waals surface area (Å²) in [6.07, 6.45) is 1.04. The van der Waals surface area contributed by atoms with Crippen molar-refractivity contribution in [1.82, 2.24) is 5.32 Å². The lowest BCUT2D eigenvalue weighted by molar-refractivity contribution is -0.122. The molecule has 1 atom stereocenters. The maximum Gasteiger partial charge on any atom is 0.227 e. The van der Waals surface area contributed by atoms with E-state index in [1.165, 1.54) is 5.56 Å². The van der Waals surface area contributed by atoms with E-state index < -0.39 is 0 Å². The van der Waals surface area contributed by atoms with Crippen LogP contribution in [-0.4, -0.2) is 20.1 Å². The zero-order valence-corrected chi connectivity index (χ0v) is 17.4. The first kappa shape index (κ1) is 21.1. The molecule has 0 saturated heterocycles. The first-order valence-corrected chi connectivity index (χ1v) is 9.50. The van der Waals surface area contributed by atoms with Crippen LogP contribution in [0, 0.1) is 5.92 Å². The maximum atomic E-state index is 12.6. The van der Waals surface area contributed by atoms with Gasteiger partial charge in [-0.3, -0.25) is 4.79 Å². The summed E-state index contributed by atoms with van der Waals surface area (Å²) in [6, 6.07) is 11.7. The van der Waals surface area contributed by atoms with Crippen LogP contribution in [0.1, 0.15) is 43.4 Å². The van der Waals surface area contributed by atoms with E-state index in [1.54, 1.807) is 26.4 Å². The van der Waals surface area contributed by atoms with Gasteiger partial charge in [-0.15, -0.1) is 0 Å². The molecular weight excluding hydrogens is 362 g/mol. The highest BCUT2D eigenvalue weighted by molar-refractivity contribution is 6.31. The van der Waals surface area contributed by atoms with Crippen LogP contribution in [0.3, 0.4) is 0 Å². The third-order valence-corrected chi connectivity index (χ3v) is 4.87. The highest BCUT2D eigenvalue weighted by atomic mass is 35.5. The van der Waals surface area contributed by atoms with Crippen LogP contribution in [-0.2, 0) is 17.8 Å². The molecule has 146 valence electrons. The van der Waals surface area contributed by atoms with E-state index in [2.05, 4.69) is 31.3 Å². The molecule has 2 rings (SSSR count). The predicted molar refractivity (Wildman–Crippen MR) is 110 cm³/mol. The summed E-state index contributed by atoms with van der Waals surface area (Å²) in [5.74, 6) is 1.48. The molecule has 0 aliphatic carbocycles. The Morgan fingerprint density at radius 3 is 2.19 bits per heavy atom. The van der Waals surface area contributed by atoms with Crippen molar-refractivity contribution in [2.75, 3.05) is 14.2 Å². The second-order valence-electron chi connectivity index (χ2n) is 7.08. The summed E-state index contributed by atoms with van der Waals surface area (Å²) >= 11 is 6.29. The Morgan fingerprint density at radius 2 is 1.63 bits per heavy atom. The summed E-state index contributed by atoms with van der Waals surface area (Å²) in [7, 11) is 3.13. The Balaban J connectivity index is 2.02. The zero-order chi connectivity index (χ0) is 20.0. The molecule has 5 heteroatoms. The van der Waals surface area contributed by atoms with Gasteiger partial charge in [0.25, 0.3) is 0 Å². The van der Waals surface area contributed by atoms with Gasteiger partial charge < -0.3 is 14.8 Å². The van der Waals surface area contributed by atoms with E-state index >= 15 is 0 Å². The fourth-order valence-electron chi connectivity index (χ4n) is 2.93. The summed E-state index contributed by atoms with van der Waals surface area (Å²) < 4.78 is 10.5. The minimum absolute atomic E-state index is 0.0440. The Labute approximate surface area is 166 Å². The van der Waals surface area contributed by atoms with Gasteiger partial charge in [-0.05, 0) is 42.0 Å². The van der Waals surface area contributed by atoms with E-state index in [-0.39, 0.29) is 11.8 Å². The van der Waals surface area contributed by atoms with E-state index in [1.807, 2.05) is 19.1 Å². The van der Waals surface area contributed by atoms with Crippen molar-refractivity contribution in [2.24, 2.45) is 5.92 Å². The van der Waals surface area contributed by atoms with Gasteiger partial charge in [-0.2, -0.15) is 0 Å². The number of hydrogen-bond donors (Lipinski definition) is 1. The number of rotatable bonds is 8. The topological polar surface area (TPSA) is 47.6 Å². The number of methoxy groups -OCH3 is 2. The Bertz CT molecular complexity index is 772. The van der Waals surface area contributed by atoms with Gasteiger partial charge in [-0.25, -0.2) is 0 Å². The van der Waals surface area contributed by atoms with Crippen LogP contribution in [0.2, 0.25) is 5.02 Å². The summed E-state index contributed by atoms with van der Waals surface area (Å²) in [5, 5.41) is 3.48. The molecule has 2 aromatic rings. The molecule has 0 aliphatic rings. The molecule has 1 N–H and O–H groups in total. The number of nitrogens with one attached hydrogen (secondary N) is 1. The smallest absolute Gasteiger partial charge is 0.227 e. The molecule has 4 nitrogen and oxygen atoms in total. The van der Waals surface area contributed by atoms with Crippen LogP contribution in [0.15, 0.2) is 36.4 Å². The van der Waals surface area contributed by atoms with E-state index in [9.17, 15) is 4.79 Å². The van der Waals surface area contributed by atoms with Crippen molar-refractivity contribution in [2.45, 2.75) is 39.7 Å². The summed E-state index contributed by atoms with van der Waals surface area (Å²) in [4.78, 5) is 12.6. The molecule has 0 aliphatic heterocycles. The fourth-order valence-corrected chi connectivity index (χ4v) is 3.15. The Hall–Kier alpha value is -2.20. The van der Waals surface area contributed by atoms with Gasteiger partial charge in [0.05, 0.1) is 20.1 Å². The molecule has 0 spiro atoms. The second-order valence-corrected chi connectivity index (χ2v) is 7.48. The maximum absolute atomic E-state index is 12.6. The molecule has 0 radical (unpaired) electrons.